The van der Waals surface area contributed by atoms with Crippen LogP contribution in [0.1, 0.15) is 51.5 Å². The van der Waals surface area contributed by atoms with Gasteiger partial charge in [0.2, 0.25) is 0 Å². The van der Waals surface area contributed by atoms with Gasteiger partial charge in [-0.3, -0.25) is 4.94 Å². The highest BCUT2D eigenvalue weighted by Crippen LogP contribution is 2.47. The van der Waals surface area contributed by atoms with Crippen molar-refractivity contribution in [3.63, 3.8) is 0 Å². The zero-order valence-corrected chi connectivity index (χ0v) is 14.1. The maximum atomic E-state index is 12.6. The molecule has 23 heavy (non-hydrogen) atoms. The third-order valence-electron chi connectivity index (χ3n) is 5.37. The molecule has 2 aliphatic rings. The minimum Gasteiger partial charge on any atom is -0.379 e. The fraction of sp³-hybridized carbons (Fsp3) is 0.579. The Balaban J connectivity index is 1.93. The Bertz CT molecular complexity index is 586. The van der Waals surface area contributed by atoms with Gasteiger partial charge in [0.1, 0.15) is 0 Å². The second-order valence-electron chi connectivity index (χ2n) is 7.10. The van der Waals surface area contributed by atoms with Crippen molar-refractivity contribution in [2.75, 3.05) is 13.1 Å². The number of hydrogen-bond acceptors (Lipinski definition) is 3. The van der Waals surface area contributed by atoms with Crippen LogP contribution in [0.2, 0.25) is 0 Å². The molecule has 0 bridgehead atoms. The van der Waals surface area contributed by atoms with E-state index in [0.29, 0.717) is 5.92 Å². The van der Waals surface area contributed by atoms with E-state index in [2.05, 4.69) is 29.4 Å². The Morgan fingerprint density at radius 3 is 2.83 bits per heavy atom. The fourth-order valence-corrected chi connectivity index (χ4v) is 3.65. The first-order valence-electron chi connectivity index (χ1n) is 8.72. The number of rotatable bonds is 2. The van der Waals surface area contributed by atoms with E-state index >= 15 is 0 Å². The summed E-state index contributed by atoms with van der Waals surface area (Å²) in [7, 11) is 0. The molecular weight excluding hydrogens is 291 g/mol. The standard InChI is InChI=1S/C19H27FN2O/c1-14-6-3-4-10-21-11-9-19(13-15(19)2)22-18(14)16-7-5-8-17(12-16)23-20/h5,7-8,12,15,21-22H,3-4,6,9-11,13H2,1-2H3/b18-14-. The van der Waals surface area contributed by atoms with Crippen LogP contribution in [0.3, 0.4) is 0 Å². The third kappa shape index (κ3) is 3.69. The van der Waals surface area contributed by atoms with E-state index in [4.69, 9.17) is 0 Å². The minimum atomic E-state index is 0.181. The highest BCUT2D eigenvalue weighted by Gasteiger charge is 2.50. The van der Waals surface area contributed by atoms with Crippen LogP contribution in [0.4, 0.5) is 4.53 Å². The van der Waals surface area contributed by atoms with Crippen molar-refractivity contribution in [3.05, 3.63) is 35.4 Å². The first kappa shape index (κ1) is 16.3. The Labute approximate surface area is 138 Å². The summed E-state index contributed by atoms with van der Waals surface area (Å²) in [4.78, 5) is 3.93. The van der Waals surface area contributed by atoms with Gasteiger partial charge in [-0.05, 0) is 75.7 Å². The van der Waals surface area contributed by atoms with Crippen molar-refractivity contribution >= 4 is 5.70 Å². The summed E-state index contributed by atoms with van der Waals surface area (Å²) in [6.45, 7) is 6.65. The molecule has 1 aliphatic heterocycles. The van der Waals surface area contributed by atoms with Crippen molar-refractivity contribution in [3.8, 4) is 5.75 Å². The monoisotopic (exact) mass is 318 g/mol. The highest BCUT2D eigenvalue weighted by molar-refractivity contribution is 5.69. The molecule has 0 amide bonds. The average Bonchev–Trinajstić information content (AvgIpc) is 3.21. The van der Waals surface area contributed by atoms with Crippen LogP contribution < -0.4 is 15.6 Å². The second-order valence-corrected chi connectivity index (χ2v) is 7.10. The van der Waals surface area contributed by atoms with Gasteiger partial charge in [-0.2, -0.15) is 0 Å². The molecule has 3 nitrogen and oxygen atoms in total. The van der Waals surface area contributed by atoms with Crippen LogP contribution >= 0.6 is 0 Å². The summed E-state index contributed by atoms with van der Waals surface area (Å²) >= 11 is 0. The van der Waals surface area contributed by atoms with E-state index in [1.807, 2.05) is 12.1 Å². The lowest BCUT2D eigenvalue weighted by atomic mass is 10.0. The van der Waals surface area contributed by atoms with Crippen LogP contribution in [0.15, 0.2) is 29.8 Å². The lowest BCUT2D eigenvalue weighted by molar-refractivity contribution is -0.00623. The molecule has 0 radical (unpaired) electrons. The molecule has 0 aromatic heterocycles. The highest BCUT2D eigenvalue weighted by atomic mass is 19.3. The average molecular weight is 318 g/mol. The van der Waals surface area contributed by atoms with Crippen molar-refractivity contribution < 1.29 is 9.47 Å². The van der Waals surface area contributed by atoms with Gasteiger partial charge < -0.3 is 10.6 Å². The topological polar surface area (TPSA) is 33.3 Å². The lowest BCUT2D eigenvalue weighted by Crippen LogP contribution is -2.35. The summed E-state index contributed by atoms with van der Waals surface area (Å²) in [5, 5.41) is 7.39. The molecule has 2 N–H and O–H groups in total. The third-order valence-corrected chi connectivity index (χ3v) is 5.37. The minimum absolute atomic E-state index is 0.181. The molecule has 1 aromatic carbocycles. The zero-order valence-electron chi connectivity index (χ0n) is 14.1. The molecule has 126 valence electrons. The number of hydrogen-bond donors (Lipinski definition) is 2. The first-order valence-corrected chi connectivity index (χ1v) is 8.72. The van der Waals surface area contributed by atoms with Gasteiger partial charge >= 0.3 is 0 Å². The number of halogens is 1. The molecule has 1 fully saturated rings. The largest absolute Gasteiger partial charge is 0.379 e. The van der Waals surface area contributed by atoms with Gasteiger partial charge in [0.25, 0.3) is 0 Å². The van der Waals surface area contributed by atoms with Gasteiger partial charge in [0, 0.05) is 21.3 Å². The maximum absolute atomic E-state index is 12.6. The Hall–Kier alpha value is -1.55. The SMILES string of the molecule is C/C1=C(\c2cccc(OF)c2)NC2(CCNCCCC1)CC2C. The normalized spacial score (nSPS) is 32.0. The van der Waals surface area contributed by atoms with E-state index in [9.17, 15) is 4.53 Å². The molecule has 2 atom stereocenters. The number of allylic oxidation sites excluding steroid dienone is 1. The van der Waals surface area contributed by atoms with Crippen molar-refractivity contribution in [2.45, 2.75) is 51.5 Å². The van der Waals surface area contributed by atoms with Gasteiger partial charge in [-0.15, -0.1) is 0 Å². The van der Waals surface area contributed by atoms with Crippen LogP contribution in [-0.2, 0) is 0 Å². The molecule has 3 rings (SSSR count). The quantitative estimate of drug-likeness (QED) is 0.857. The Kier molecular flexibility index (Phi) is 4.90. The molecule has 1 aliphatic carbocycles. The van der Waals surface area contributed by atoms with Crippen molar-refractivity contribution in [2.24, 2.45) is 5.92 Å². The van der Waals surface area contributed by atoms with E-state index in [1.165, 1.54) is 24.8 Å². The van der Waals surface area contributed by atoms with E-state index < -0.39 is 0 Å². The lowest BCUT2D eigenvalue weighted by Gasteiger charge is -2.24. The molecule has 1 spiro atoms. The fourth-order valence-electron chi connectivity index (χ4n) is 3.65. The predicted octanol–water partition coefficient (Wildman–Crippen LogP) is 4.21. The van der Waals surface area contributed by atoms with Gasteiger partial charge in [-0.25, -0.2) is 0 Å². The number of nitrogens with one attached hydrogen (secondary N) is 2. The maximum Gasteiger partial charge on any atom is 0.172 e. The zero-order chi connectivity index (χ0) is 16.3. The van der Waals surface area contributed by atoms with Crippen molar-refractivity contribution in [1.29, 1.82) is 0 Å². The van der Waals surface area contributed by atoms with E-state index in [0.717, 1.165) is 37.2 Å². The van der Waals surface area contributed by atoms with E-state index in [1.54, 1.807) is 12.1 Å². The summed E-state index contributed by atoms with van der Waals surface area (Å²) in [6.07, 6.45) is 5.76. The molecule has 1 saturated carbocycles. The summed E-state index contributed by atoms with van der Waals surface area (Å²) in [5.41, 5.74) is 3.71. The summed E-state index contributed by atoms with van der Waals surface area (Å²) in [6, 6.07) is 7.31. The molecular formula is C19H27FN2O. The molecule has 1 aromatic rings. The molecule has 4 heteroatoms. The molecule has 0 saturated heterocycles. The van der Waals surface area contributed by atoms with Gasteiger partial charge in [-0.1, -0.05) is 19.1 Å². The first-order chi connectivity index (χ1) is 11.1. The molecule has 2 unspecified atom stereocenters. The van der Waals surface area contributed by atoms with Crippen LogP contribution in [0.25, 0.3) is 5.70 Å². The van der Waals surface area contributed by atoms with Crippen LogP contribution in [0, 0.1) is 5.92 Å². The molecule has 1 heterocycles. The van der Waals surface area contributed by atoms with Crippen LogP contribution in [-0.4, -0.2) is 18.6 Å². The summed E-state index contributed by atoms with van der Waals surface area (Å²) < 4.78 is 12.6. The summed E-state index contributed by atoms with van der Waals surface area (Å²) in [5.74, 6) is 0.937. The Morgan fingerprint density at radius 1 is 1.26 bits per heavy atom. The smallest absolute Gasteiger partial charge is 0.172 e. The number of benzene rings is 1. The van der Waals surface area contributed by atoms with Crippen LogP contribution in [0.5, 0.6) is 5.75 Å². The van der Waals surface area contributed by atoms with Crippen molar-refractivity contribution in [1.82, 2.24) is 10.6 Å². The van der Waals surface area contributed by atoms with Gasteiger partial charge in [0.15, 0.2) is 5.75 Å². The van der Waals surface area contributed by atoms with Gasteiger partial charge in [0.05, 0.1) is 0 Å². The van der Waals surface area contributed by atoms with E-state index in [-0.39, 0.29) is 11.3 Å². The second kappa shape index (κ2) is 6.91. The predicted molar refractivity (Wildman–Crippen MR) is 91.8 cm³/mol. The Morgan fingerprint density at radius 2 is 2.09 bits per heavy atom.